The lowest BCUT2D eigenvalue weighted by Gasteiger charge is -2.44. The number of nitrogens with zero attached hydrogens (tertiary/aromatic N) is 1. The normalized spacial score (nSPS) is 24.0. The number of carbonyl (C=O) groups excluding carboxylic acids is 2. The molecule has 1 amide bonds. The highest BCUT2D eigenvalue weighted by Gasteiger charge is 2.47. The zero-order valence-electron chi connectivity index (χ0n) is 19.9. The highest BCUT2D eigenvalue weighted by molar-refractivity contribution is 7.10. The van der Waals surface area contributed by atoms with E-state index in [9.17, 15) is 9.59 Å². The van der Waals surface area contributed by atoms with Gasteiger partial charge in [-0.15, -0.1) is 17.9 Å². The first-order chi connectivity index (χ1) is 16.5. The molecule has 34 heavy (non-hydrogen) atoms. The van der Waals surface area contributed by atoms with Crippen LogP contribution in [0.1, 0.15) is 61.9 Å². The van der Waals surface area contributed by atoms with Gasteiger partial charge in [-0.1, -0.05) is 43.0 Å². The molecule has 3 atom stereocenters. The van der Waals surface area contributed by atoms with Crippen LogP contribution in [-0.4, -0.2) is 36.2 Å². The van der Waals surface area contributed by atoms with Gasteiger partial charge in [-0.3, -0.25) is 14.9 Å². The minimum atomic E-state index is -0.496. The fourth-order valence-corrected chi connectivity index (χ4v) is 6.24. The minimum Gasteiger partial charge on any atom is -0.461 e. The maximum absolute atomic E-state index is 13.6. The molecule has 0 bridgehead atoms. The third-order valence-corrected chi connectivity index (χ3v) is 8.34. The van der Waals surface area contributed by atoms with Gasteiger partial charge in [0.05, 0.1) is 12.2 Å². The van der Waals surface area contributed by atoms with Crippen LogP contribution in [0.25, 0.3) is 0 Å². The first-order valence-electron chi connectivity index (χ1n) is 12.3. The minimum absolute atomic E-state index is 0.0518. The molecule has 0 spiro atoms. The summed E-state index contributed by atoms with van der Waals surface area (Å²) in [6, 6.07) is 5.81. The highest BCUT2D eigenvalue weighted by Crippen LogP contribution is 2.45. The van der Waals surface area contributed by atoms with E-state index in [1.54, 1.807) is 24.3 Å². The summed E-state index contributed by atoms with van der Waals surface area (Å²) in [6.45, 7) is 6.60. The number of amides is 1. The summed E-state index contributed by atoms with van der Waals surface area (Å²) in [6.07, 6.45) is 9.75. The Balaban J connectivity index is 1.29. The van der Waals surface area contributed by atoms with Crippen molar-refractivity contribution in [2.45, 2.75) is 69.8 Å². The van der Waals surface area contributed by atoms with Gasteiger partial charge in [-0.2, -0.15) is 0 Å². The summed E-state index contributed by atoms with van der Waals surface area (Å²) in [7, 11) is 0. The van der Waals surface area contributed by atoms with Gasteiger partial charge in [0.1, 0.15) is 11.5 Å². The number of ether oxygens (including phenoxy) is 1. The highest BCUT2D eigenvalue weighted by atomic mass is 32.1. The predicted molar refractivity (Wildman–Crippen MR) is 133 cm³/mol. The Morgan fingerprint density at radius 1 is 1.32 bits per heavy atom. The lowest BCUT2D eigenvalue weighted by molar-refractivity contribution is -0.169. The quantitative estimate of drug-likeness (QED) is 0.213. The molecule has 2 N–H and O–H groups in total. The zero-order valence-corrected chi connectivity index (χ0v) is 20.7. The van der Waals surface area contributed by atoms with Gasteiger partial charge in [-0.05, 0) is 56.5 Å². The second kappa shape index (κ2) is 11.3. The van der Waals surface area contributed by atoms with Crippen molar-refractivity contribution < 1.29 is 18.8 Å². The molecule has 2 heterocycles. The number of carbonyl (C=O) groups is 2. The molecule has 2 aliphatic rings. The molecule has 0 radical (unpaired) electrons. The summed E-state index contributed by atoms with van der Waals surface area (Å²) in [5.41, 5.74) is 0.221. The third kappa shape index (κ3) is 5.61. The average Bonchev–Trinajstić information content (AvgIpc) is 3.43. The molecule has 7 nitrogen and oxygen atoms in total. The van der Waals surface area contributed by atoms with Crippen LogP contribution >= 0.6 is 11.3 Å². The number of aryl methyl sites for hydroxylation is 1. The second-order valence-corrected chi connectivity index (χ2v) is 10.5. The third-order valence-electron chi connectivity index (χ3n) is 7.26. The van der Waals surface area contributed by atoms with Crippen LogP contribution in [0.15, 0.2) is 40.8 Å². The summed E-state index contributed by atoms with van der Waals surface area (Å²) in [4.78, 5) is 26.8. The molecular weight excluding hydrogens is 450 g/mol. The summed E-state index contributed by atoms with van der Waals surface area (Å²) < 4.78 is 11.2. The molecule has 2 unspecified atom stereocenters. The number of hydrogen-bond acceptors (Lipinski definition) is 7. The van der Waals surface area contributed by atoms with Gasteiger partial charge < -0.3 is 14.6 Å². The topological polar surface area (TPSA) is 93.5 Å². The molecule has 2 aromatic rings. The Bertz CT molecular complexity index is 963. The number of rotatable bonds is 10. The van der Waals surface area contributed by atoms with Crippen molar-refractivity contribution in [2.75, 3.05) is 18.4 Å². The van der Waals surface area contributed by atoms with Crippen LogP contribution in [0.3, 0.4) is 0 Å². The number of thiophene rings is 1. The predicted octanol–water partition coefficient (Wildman–Crippen LogP) is 4.99. The molecule has 2 fully saturated rings. The Kier molecular flexibility index (Phi) is 8.21. The van der Waals surface area contributed by atoms with Crippen molar-refractivity contribution in [1.29, 1.82) is 0 Å². The second-order valence-electron chi connectivity index (χ2n) is 9.56. The van der Waals surface area contributed by atoms with E-state index in [1.807, 2.05) is 12.1 Å². The Hall–Kier alpha value is -2.45. The van der Waals surface area contributed by atoms with Crippen molar-refractivity contribution >= 4 is 29.1 Å². The molecule has 184 valence electrons. The largest absolute Gasteiger partial charge is 0.461 e. The number of hydrogen-bond donors (Lipinski definition) is 2. The van der Waals surface area contributed by atoms with Gasteiger partial charge in [0.25, 0.3) is 0 Å². The standard InChI is InChI=1S/C26H35N3O4S/c1-3-19-16-21(20(19)10-13-27-17-23(30)28-24-15-18(2)29-33-24)32-25(31)26(22-9-8-14-34-22)11-6-4-5-7-12-26/h3,8-9,14-15,19-21,27H,1,4-7,10-13,16-17H2,2H3,(H,28,30)/t19?,20?,21-/m0/s1. The molecule has 2 aliphatic carbocycles. The Labute approximate surface area is 205 Å². The molecule has 8 heteroatoms. The van der Waals surface area contributed by atoms with E-state index in [-0.39, 0.29) is 30.4 Å². The lowest BCUT2D eigenvalue weighted by atomic mass is 9.69. The number of esters is 1. The fraction of sp³-hybridized carbons (Fsp3) is 0.577. The Morgan fingerprint density at radius 2 is 2.12 bits per heavy atom. The van der Waals surface area contributed by atoms with E-state index < -0.39 is 5.41 Å². The van der Waals surface area contributed by atoms with Gasteiger partial charge in [0.2, 0.25) is 11.8 Å². The molecule has 0 saturated heterocycles. The summed E-state index contributed by atoms with van der Waals surface area (Å²) in [5.74, 6) is 0.668. The molecule has 2 aromatic heterocycles. The number of aromatic nitrogens is 1. The fourth-order valence-electron chi connectivity index (χ4n) is 5.26. The van der Waals surface area contributed by atoms with E-state index in [0.717, 1.165) is 43.4 Å². The van der Waals surface area contributed by atoms with Crippen molar-refractivity contribution in [3.8, 4) is 0 Å². The summed E-state index contributed by atoms with van der Waals surface area (Å²) in [5, 5.41) is 11.7. The maximum Gasteiger partial charge on any atom is 0.317 e. The Morgan fingerprint density at radius 3 is 2.76 bits per heavy atom. The molecule has 0 aromatic carbocycles. The van der Waals surface area contributed by atoms with Gasteiger partial charge in [0.15, 0.2) is 0 Å². The van der Waals surface area contributed by atoms with E-state index in [2.05, 4.69) is 33.8 Å². The van der Waals surface area contributed by atoms with E-state index >= 15 is 0 Å². The van der Waals surface area contributed by atoms with Gasteiger partial charge in [-0.25, -0.2) is 0 Å². The number of allylic oxidation sites excluding steroid dienone is 1. The SMILES string of the molecule is C=CC1C[C@H](OC(=O)C2(c3cccs3)CCCCCC2)C1CCNCC(=O)Nc1cc(C)no1. The molecule has 4 rings (SSSR count). The number of anilines is 1. The van der Waals surface area contributed by atoms with Crippen LogP contribution < -0.4 is 10.6 Å². The van der Waals surface area contributed by atoms with Gasteiger partial charge in [0, 0.05) is 16.9 Å². The zero-order chi connectivity index (χ0) is 24.0. The van der Waals surface area contributed by atoms with Crippen molar-refractivity contribution in [2.24, 2.45) is 11.8 Å². The van der Waals surface area contributed by atoms with Crippen LogP contribution in [0.5, 0.6) is 0 Å². The van der Waals surface area contributed by atoms with Crippen LogP contribution in [-0.2, 0) is 19.7 Å². The van der Waals surface area contributed by atoms with Crippen LogP contribution in [0.2, 0.25) is 0 Å². The number of nitrogens with one attached hydrogen (secondary N) is 2. The van der Waals surface area contributed by atoms with Crippen LogP contribution in [0.4, 0.5) is 5.88 Å². The van der Waals surface area contributed by atoms with E-state index in [0.29, 0.717) is 24.0 Å². The average molecular weight is 486 g/mol. The van der Waals surface area contributed by atoms with Crippen molar-refractivity contribution in [1.82, 2.24) is 10.5 Å². The first kappa shape index (κ1) is 24.7. The molecule has 0 aliphatic heterocycles. The van der Waals surface area contributed by atoms with Crippen LogP contribution in [0, 0.1) is 18.8 Å². The first-order valence-corrected chi connectivity index (χ1v) is 13.2. The van der Waals surface area contributed by atoms with Gasteiger partial charge >= 0.3 is 5.97 Å². The monoisotopic (exact) mass is 485 g/mol. The smallest absolute Gasteiger partial charge is 0.317 e. The molecule has 2 saturated carbocycles. The van der Waals surface area contributed by atoms with Crippen molar-refractivity contribution in [3.05, 3.63) is 46.8 Å². The maximum atomic E-state index is 13.6. The summed E-state index contributed by atoms with van der Waals surface area (Å²) >= 11 is 1.67. The lowest BCUT2D eigenvalue weighted by Crippen LogP contribution is -2.48. The van der Waals surface area contributed by atoms with E-state index in [1.165, 1.54) is 12.8 Å². The van der Waals surface area contributed by atoms with E-state index in [4.69, 9.17) is 9.26 Å². The van der Waals surface area contributed by atoms with Crippen molar-refractivity contribution in [3.63, 3.8) is 0 Å². The molecular formula is C26H35N3O4S.